The maximum Gasteiger partial charge on any atom is 0.316 e. The highest BCUT2D eigenvalue weighted by molar-refractivity contribution is 6.22. The van der Waals surface area contributed by atoms with Gasteiger partial charge in [-0.15, -0.1) is 0 Å². The molecule has 7 nitrogen and oxygen atoms in total. The van der Waals surface area contributed by atoms with E-state index in [1.165, 1.54) is 16.5 Å². The van der Waals surface area contributed by atoms with Crippen LogP contribution in [0.1, 0.15) is 31.7 Å². The van der Waals surface area contributed by atoms with Crippen LogP contribution in [-0.4, -0.2) is 30.2 Å². The van der Waals surface area contributed by atoms with Crippen LogP contribution in [0.5, 0.6) is 5.75 Å². The molecule has 5 rings (SSSR count). The number of allylic oxidation sites excluding steroid dienone is 2. The van der Waals surface area contributed by atoms with E-state index in [0.717, 1.165) is 12.1 Å². The summed E-state index contributed by atoms with van der Waals surface area (Å²) < 4.78 is 5.58. The summed E-state index contributed by atoms with van der Waals surface area (Å²) in [7, 11) is 0. The number of imide groups is 1. The lowest BCUT2D eigenvalue weighted by Gasteiger charge is -2.17. The fourth-order valence-electron chi connectivity index (χ4n) is 4.97. The molecule has 2 fully saturated rings. The summed E-state index contributed by atoms with van der Waals surface area (Å²) in [5.74, 6) is -2.06. The number of anilines is 2. The smallest absolute Gasteiger partial charge is 0.316 e. The van der Waals surface area contributed by atoms with Crippen LogP contribution in [0.25, 0.3) is 0 Å². The summed E-state index contributed by atoms with van der Waals surface area (Å²) in [4.78, 5) is 53.9. The van der Waals surface area contributed by atoms with Crippen molar-refractivity contribution >= 4 is 35.1 Å². The first-order chi connectivity index (χ1) is 16.5. The predicted octanol–water partition coefficient (Wildman–Crippen LogP) is 3.66. The van der Waals surface area contributed by atoms with E-state index in [4.69, 9.17) is 4.74 Å². The largest absolute Gasteiger partial charge is 0.426 e. The normalized spacial score (nSPS) is 24.0. The van der Waals surface area contributed by atoms with E-state index in [9.17, 15) is 19.2 Å². The molecule has 1 aliphatic carbocycles. The van der Waals surface area contributed by atoms with E-state index in [-0.39, 0.29) is 48.3 Å². The maximum atomic E-state index is 12.9. The molecule has 7 heteroatoms. The van der Waals surface area contributed by atoms with Crippen molar-refractivity contribution in [3.63, 3.8) is 0 Å². The summed E-state index contributed by atoms with van der Waals surface area (Å²) in [5.41, 5.74) is 2.34. The molecular formula is C27H26N2O5. The van der Waals surface area contributed by atoms with Gasteiger partial charge in [-0.3, -0.25) is 19.2 Å². The Labute approximate surface area is 198 Å². The zero-order chi connectivity index (χ0) is 23.8. The minimum Gasteiger partial charge on any atom is -0.426 e. The quantitative estimate of drug-likeness (QED) is 0.296. The third-order valence-corrected chi connectivity index (χ3v) is 6.92. The molecule has 0 aromatic heterocycles. The summed E-state index contributed by atoms with van der Waals surface area (Å²) in [6.07, 6.45) is 6.00. The maximum absolute atomic E-state index is 12.9. The van der Waals surface area contributed by atoms with Crippen molar-refractivity contribution in [1.29, 1.82) is 0 Å². The minimum absolute atomic E-state index is 0.0769. The summed E-state index contributed by atoms with van der Waals surface area (Å²) >= 11 is 0. The van der Waals surface area contributed by atoms with Crippen LogP contribution in [0.3, 0.4) is 0 Å². The van der Waals surface area contributed by atoms with E-state index in [2.05, 4.69) is 6.92 Å². The van der Waals surface area contributed by atoms with Crippen molar-refractivity contribution in [3.05, 3.63) is 66.2 Å². The molecule has 34 heavy (non-hydrogen) atoms. The Morgan fingerprint density at radius 3 is 2.26 bits per heavy atom. The predicted molar refractivity (Wildman–Crippen MR) is 126 cm³/mol. The Hall–Kier alpha value is -3.74. The number of carbonyl (C=O) groups is 4. The van der Waals surface area contributed by atoms with Crippen molar-refractivity contribution in [1.82, 2.24) is 0 Å². The Morgan fingerprint density at radius 2 is 1.62 bits per heavy atom. The number of nitrogens with zero attached hydrogens (tertiary/aromatic N) is 2. The first-order valence-electron chi connectivity index (χ1n) is 11.7. The number of hydrogen-bond donors (Lipinski definition) is 0. The molecule has 3 amide bonds. The van der Waals surface area contributed by atoms with Crippen LogP contribution in [0.15, 0.2) is 60.7 Å². The SMILES string of the molecule is CCc1ccc(N2C[C@H](C(=O)Oc3cccc(N4C(=O)[C@@H]5CC=CC[C@H]5C4=O)c3)CC2=O)cc1. The lowest BCUT2D eigenvalue weighted by Crippen LogP contribution is -2.31. The van der Waals surface area contributed by atoms with E-state index >= 15 is 0 Å². The molecule has 0 spiro atoms. The second kappa shape index (κ2) is 8.89. The summed E-state index contributed by atoms with van der Waals surface area (Å²) in [5, 5.41) is 0. The molecule has 0 bridgehead atoms. The molecule has 0 saturated carbocycles. The number of aryl methyl sites for hydroxylation is 1. The second-order valence-corrected chi connectivity index (χ2v) is 9.01. The summed E-state index contributed by atoms with van der Waals surface area (Å²) in [6, 6.07) is 14.2. The number of amides is 3. The fourth-order valence-corrected chi connectivity index (χ4v) is 4.97. The number of hydrogen-bond acceptors (Lipinski definition) is 5. The standard InChI is InChI=1S/C27H26N2O5/c1-2-17-10-12-19(13-11-17)28-16-18(14-24(28)30)27(33)34-21-7-5-6-20(15-21)29-25(31)22-8-3-4-9-23(22)26(29)32/h3-7,10-13,15,18,22-23H,2,8-9,14,16H2,1H3/t18-,22-,23-/m1/s1. The van der Waals surface area contributed by atoms with Gasteiger partial charge in [-0.2, -0.15) is 0 Å². The van der Waals surface area contributed by atoms with Crippen molar-refractivity contribution in [2.24, 2.45) is 17.8 Å². The van der Waals surface area contributed by atoms with E-state index in [0.29, 0.717) is 18.5 Å². The van der Waals surface area contributed by atoms with Gasteiger partial charge in [0, 0.05) is 24.7 Å². The van der Waals surface area contributed by atoms with Crippen LogP contribution in [0.2, 0.25) is 0 Å². The highest BCUT2D eigenvalue weighted by atomic mass is 16.5. The van der Waals surface area contributed by atoms with Gasteiger partial charge in [0.25, 0.3) is 0 Å². The van der Waals surface area contributed by atoms with E-state index in [1.807, 2.05) is 36.4 Å². The zero-order valence-corrected chi connectivity index (χ0v) is 19.0. The minimum atomic E-state index is -0.592. The average molecular weight is 459 g/mol. The van der Waals surface area contributed by atoms with Crippen molar-refractivity contribution in [3.8, 4) is 5.75 Å². The Morgan fingerprint density at radius 1 is 0.941 bits per heavy atom. The van der Waals surface area contributed by atoms with Gasteiger partial charge < -0.3 is 9.64 Å². The van der Waals surface area contributed by atoms with Crippen LogP contribution in [0.4, 0.5) is 11.4 Å². The van der Waals surface area contributed by atoms with Gasteiger partial charge in [0.05, 0.1) is 23.4 Å². The number of carbonyl (C=O) groups excluding carboxylic acids is 4. The molecule has 2 aromatic carbocycles. The van der Waals surface area contributed by atoms with Gasteiger partial charge in [-0.1, -0.05) is 37.3 Å². The third-order valence-electron chi connectivity index (χ3n) is 6.92. The molecule has 2 aromatic rings. The van der Waals surface area contributed by atoms with Crippen LogP contribution >= 0.6 is 0 Å². The molecule has 174 valence electrons. The zero-order valence-electron chi connectivity index (χ0n) is 19.0. The Bertz CT molecular complexity index is 1160. The lowest BCUT2D eigenvalue weighted by atomic mass is 9.85. The summed E-state index contributed by atoms with van der Waals surface area (Å²) in [6.45, 7) is 2.32. The lowest BCUT2D eigenvalue weighted by molar-refractivity contribution is -0.139. The molecule has 0 radical (unpaired) electrons. The number of benzene rings is 2. The highest BCUT2D eigenvalue weighted by Crippen LogP contribution is 2.38. The molecule has 2 heterocycles. The second-order valence-electron chi connectivity index (χ2n) is 9.01. The van der Waals surface area contributed by atoms with Crippen LogP contribution in [0, 0.1) is 17.8 Å². The molecule has 0 N–H and O–H groups in total. The molecule has 2 aliphatic heterocycles. The topological polar surface area (TPSA) is 84.0 Å². The number of rotatable bonds is 5. The monoisotopic (exact) mass is 458 g/mol. The van der Waals surface area contributed by atoms with Gasteiger partial charge in [-0.25, -0.2) is 4.90 Å². The van der Waals surface area contributed by atoms with Crippen molar-refractivity contribution in [2.45, 2.75) is 32.6 Å². The van der Waals surface area contributed by atoms with Gasteiger partial charge in [0.2, 0.25) is 17.7 Å². The molecule has 3 atom stereocenters. The van der Waals surface area contributed by atoms with Gasteiger partial charge >= 0.3 is 5.97 Å². The molecule has 2 saturated heterocycles. The first-order valence-corrected chi connectivity index (χ1v) is 11.7. The number of ether oxygens (including phenoxy) is 1. The number of fused-ring (bicyclic) bond motifs is 1. The highest BCUT2D eigenvalue weighted by Gasteiger charge is 2.48. The first kappa shape index (κ1) is 22.1. The van der Waals surface area contributed by atoms with E-state index in [1.54, 1.807) is 23.1 Å². The van der Waals surface area contributed by atoms with Crippen LogP contribution in [-0.2, 0) is 25.6 Å². The molecule has 0 unspecified atom stereocenters. The number of esters is 1. The van der Waals surface area contributed by atoms with Crippen LogP contribution < -0.4 is 14.5 Å². The fraction of sp³-hybridized carbons (Fsp3) is 0.333. The van der Waals surface area contributed by atoms with Gasteiger partial charge in [-0.05, 0) is 49.1 Å². The van der Waals surface area contributed by atoms with Gasteiger partial charge in [0.1, 0.15) is 5.75 Å². The van der Waals surface area contributed by atoms with Crippen molar-refractivity contribution in [2.75, 3.05) is 16.3 Å². The molecule has 3 aliphatic rings. The van der Waals surface area contributed by atoms with E-state index < -0.39 is 11.9 Å². The Balaban J connectivity index is 1.28. The van der Waals surface area contributed by atoms with Gasteiger partial charge in [0.15, 0.2) is 0 Å². The Kier molecular flexibility index (Phi) is 5.77. The van der Waals surface area contributed by atoms with Crippen molar-refractivity contribution < 1.29 is 23.9 Å². The average Bonchev–Trinajstić information content (AvgIpc) is 3.37. The molecular weight excluding hydrogens is 432 g/mol. The third kappa shape index (κ3) is 3.91.